The normalized spacial score (nSPS) is 23.2. The number of rotatable bonds is 3. The zero-order valence-electron chi connectivity index (χ0n) is 9.53. The molecule has 1 atom stereocenters. The number of hydrogen-bond acceptors (Lipinski definition) is 5. The number of nitrogens with two attached hydrogens (primary N) is 1. The second kappa shape index (κ2) is 5.24. The highest BCUT2D eigenvalue weighted by Crippen LogP contribution is 2.17. The van der Waals surface area contributed by atoms with Crippen molar-refractivity contribution in [2.75, 3.05) is 0 Å². The molecule has 17 heavy (non-hydrogen) atoms. The van der Waals surface area contributed by atoms with Crippen LogP contribution in [-0.2, 0) is 9.59 Å². The Balaban J connectivity index is 1.84. The third-order valence-corrected chi connectivity index (χ3v) is 2.95. The van der Waals surface area contributed by atoms with Crippen molar-refractivity contribution < 1.29 is 9.59 Å². The summed E-state index contributed by atoms with van der Waals surface area (Å²) in [7, 11) is 0. The predicted octanol–water partition coefficient (Wildman–Crippen LogP) is -1.25. The molecule has 1 saturated carbocycles. The van der Waals surface area contributed by atoms with E-state index >= 15 is 0 Å². The van der Waals surface area contributed by atoms with Crippen molar-refractivity contribution in [2.45, 2.75) is 44.4 Å². The average molecular weight is 239 g/mol. The van der Waals surface area contributed by atoms with Crippen LogP contribution in [-0.4, -0.2) is 30.1 Å². The molecule has 0 aromatic carbocycles. The minimum Gasteiger partial charge on any atom is -0.297 e. The minimum atomic E-state index is -0.700. The van der Waals surface area contributed by atoms with E-state index in [0.717, 1.165) is 12.8 Å². The first kappa shape index (κ1) is 12.0. The van der Waals surface area contributed by atoms with Crippen LogP contribution in [0.5, 0.6) is 0 Å². The fourth-order valence-corrected chi connectivity index (χ4v) is 2.11. The lowest BCUT2D eigenvalue weighted by Crippen LogP contribution is -2.45. The van der Waals surface area contributed by atoms with Gasteiger partial charge >= 0.3 is 11.8 Å². The van der Waals surface area contributed by atoms with Crippen LogP contribution in [0.1, 0.15) is 32.1 Å². The SMILES string of the molecule is NC(N=C1NC(=O)C(=O)N1)NC1CCCCC1. The Labute approximate surface area is 99.2 Å². The van der Waals surface area contributed by atoms with Crippen molar-refractivity contribution >= 4 is 17.8 Å². The zero-order chi connectivity index (χ0) is 12.3. The first-order valence-electron chi connectivity index (χ1n) is 5.87. The smallest absolute Gasteiger partial charge is 0.297 e. The van der Waals surface area contributed by atoms with Crippen molar-refractivity contribution in [3.05, 3.63) is 0 Å². The van der Waals surface area contributed by atoms with E-state index in [-0.39, 0.29) is 5.96 Å². The zero-order valence-corrected chi connectivity index (χ0v) is 9.53. The van der Waals surface area contributed by atoms with E-state index in [1.54, 1.807) is 0 Å². The van der Waals surface area contributed by atoms with E-state index in [1.807, 2.05) is 0 Å². The molecule has 2 rings (SSSR count). The van der Waals surface area contributed by atoms with Crippen LogP contribution in [0.25, 0.3) is 0 Å². The van der Waals surface area contributed by atoms with Crippen molar-refractivity contribution in [2.24, 2.45) is 10.7 Å². The summed E-state index contributed by atoms with van der Waals surface area (Å²) in [4.78, 5) is 25.8. The lowest BCUT2D eigenvalue weighted by atomic mass is 9.96. The molecule has 1 heterocycles. The van der Waals surface area contributed by atoms with Gasteiger partial charge in [0.1, 0.15) is 0 Å². The van der Waals surface area contributed by atoms with Crippen LogP contribution in [0, 0.1) is 0 Å². The van der Waals surface area contributed by atoms with Gasteiger partial charge in [0, 0.05) is 6.04 Å². The Kier molecular flexibility index (Phi) is 3.70. The molecular weight excluding hydrogens is 222 g/mol. The summed E-state index contributed by atoms with van der Waals surface area (Å²) in [6.45, 7) is 0. The lowest BCUT2D eigenvalue weighted by Gasteiger charge is -2.24. The Morgan fingerprint density at radius 3 is 2.35 bits per heavy atom. The number of nitrogens with one attached hydrogen (secondary N) is 3. The fourth-order valence-electron chi connectivity index (χ4n) is 2.11. The van der Waals surface area contributed by atoms with Gasteiger partial charge in [-0.05, 0) is 12.8 Å². The molecule has 2 aliphatic rings. The average Bonchev–Trinajstić information content (AvgIpc) is 2.59. The molecule has 1 aliphatic carbocycles. The van der Waals surface area contributed by atoms with Crippen molar-refractivity contribution in [1.82, 2.24) is 16.0 Å². The molecule has 5 N–H and O–H groups in total. The molecule has 0 bridgehead atoms. The molecule has 1 saturated heterocycles. The van der Waals surface area contributed by atoms with Gasteiger partial charge in [-0.3, -0.25) is 31.3 Å². The molecule has 7 heteroatoms. The highest BCUT2D eigenvalue weighted by molar-refractivity contribution is 6.45. The topological polar surface area (TPSA) is 109 Å². The summed E-state index contributed by atoms with van der Waals surface area (Å²) in [6, 6.07) is 0.371. The number of carbonyl (C=O) groups excluding carboxylic acids is 2. The number of guanidine groups is 1. The molecule has 0 aromatic rings. The fraction of sp³-hybridized carbons (Fsp3) is 0.700. The maximum Gasteiger partial charge on any atom is 0.316 e. The summed E-state index contributed by atoms with van der Waals surface area (Å²) in [5.74, 6) is -1.28. The first-order chi connectivity index (χ1) is 8.15. The third kappa shape index (κ3) is 3.24. The van der Waals surface area contributed by atoms with E-state index in [1.165, 1.54) is 19.3 Å². The van der Waals surface area contributed by atoms with Crippen LogP contribution in [0.15, 0.2) is 4.99 Å². The number of nitrogens with zero attached hydrogens (tertiary/aromatic N) is 1. The molecular formula is C10H17N5O2. The highest BCUT2D eigenvalue weighted by atomic mass is 16.2. The number of carbonyl (C=O) groups is 2. The largest absolute Gasteiger partial charge is 0.316 e. The van der Waals surface area contributed by atoms with E-state index in [2.05, 4.69) is 20.9 Å². The summed E-state index contributed by atoms with van der Waals surface area (Å²) in [5.41, 5.74) is 5.77. The van der Waals surface area contributed by atoms with E-state index in [0.29, 0.717) is 6.04 Å². The molecule has 2 fully saturated rings. The van der Waals surface area contributed by atoms with E-state index < -0.39 is 18.1 Å². The summed E-state index contributed by atoms with van der Waals surface area (Å²) in [5, 5.41) is 7.77. The first-order valence-corrected chi connectivity index (χ1v) is 5.87. The second-order valence-corrected chi connectivity index (χ2v) is 4.33. The Bertz CT molecular complexity index is 331. The molecule has 94 valence electrons. The van der Waals surface area contributed by atoms with Crippen molar-refractivity contribution in [3.8, 4) is 0 Å². The van der Waals surface area contributed by atoms with Gasteiger partial charge in [-0.15, -0.1) is 0 Å². The molecule has 1 aliphatic heterocycles. The van der Waals surface area contributed by atoms with Crippen molar-refractivity contribution in [1.29, 1.82) is 0 Å². The van der Waals surface area contributed by atoms with Gasteiger partial charge in [0.05, 0.1) is 0 Å². The highest BCUT2D eigenvalue weighted by Gasteiger charge is 2.26. The minimum absolute atomic E-state index is 0.121. The lowest BCUT2D eigenvalue weighted by molar-refractivity contribution is -0.135. The van der Waals surface area contributed by atoms with Gasteiger partial charge in [0.15, 0.2) is 6.29 Å². The summed E-state index contributed by atoms with van der Waals surface area (Å²) < 4.78 is 0. The van der Waals surface area contributed by atoms with Crippen LogP contribution in [0.2, 0.25) is 0 Å². The van der Waals surface area contributed by atoms with Gasteiger partial charge in [0.25, 0.3) is 0 Å². The van der Waals surface area contributed by atoms with E-state index in [9.17, 15) is 9.59 Å². The van der Waals surface area contributed by atoms with Crippen molar-refractivity contribution in [3.63, 3.8) is 0 Å². The summed E-state index contributed by atoms with van der Waals surface area (Å²) in [6.07, 6.45) is 5.26. The monoisotopic (exact) mass is 239 g/mol. The van der Waals surface area contributed by atoms with E-state index in [4.69, 9.17) is 5.73 Å². The Morgan fingerprint density at radius 1 is 1.18 bits per heavy atom. The van der Waals surface area contributed by atoms with Crippen LogP contribution >= 0.6 is 0 Å². The van der Waals surface area contributed by atoms with Gasteiger partial charge in [-0.25, -0.2) is 4.99 Å². The van der Waals surface area contributed by atoms with Crippen LogP contribution < -0.4 is 21.7 Å². The summed E-state index contributed by atoms with van der Waals surface area (Å²) >= 11 is 0. The second-order valence-electron chi connectivity index (χ2n) is 4.33. The molecule has 2 amide bonds. The predicted molar refractivity (Wildman–Crippen MR) is 61.7 cm³/mol. The Morgan fingerprint density at radius 2 is 1.76 bits per heavy atom. The van der Waals surface area contributed by atoms with Gasteiger partial charge in [-0.2, -0.15) is 0 Å². The maximum absolute atomic E-state index is 10.9. The van der Waals surface area contributed by atoms with Crippen LogP contribution in [0.3, 0.4) is 0 Å². The van der Waals surface area contributed by atoms with Crippen LogP contribution in [0.4, 0.5) is 0 Å². The number of aliphatic imine (C=N–C) groups is 1. The molecule has 0 radical (unpaired) electrons. The van der Waals surface area contributed by atoms with Gasteiger partial charge in [-0.1, -0.05) is 19.3 Å². The molecule has 1 unspecified atom stereocenters. The Hall–Kier alpha value is -1.47. The molecule has 7 nitrogen and oxygen atoms in total. The maximum atomic E-state index is 10.9. The number of amides is 2. The third-order valence-electron chi connectivity index (χ3n) is 2.95. The van der Waals surface area contributed by atoms with Gasteiger partial charge < -0.3 is 0 Å². The molecule has 0 aromatic heterocycles. The quantitative estimate of drug-likeness (QED) is 0.364. The molecule has 0 spiro atoms. The standard InChI is InChI=1S/C10H17N5O2/c11-9(12-6-4-2-1-3-5-6)15-10-13-7(16)8(17)14-10/h6,9,12H,1-5,11H2,(H2,13,14,15,16,17). The number of hydrogen-bond donors (Lipinski definition) is 4. The van der Waals surface area contributed by atoms with Gasteiger partial charge in [0.2, 0.25) is 5.96 Å².